The van der Waals surface area contributed by atoms with E-state index in [1.165, 1.54) is 5.56 Å². The third kappa shape index (κ3) is 3.85. The predicted octanol–water partition coefficient (Wildman–Crippen LogP) is 2.53. The van der Waals surface area contributed by atoms with E-state index in [2.05, 4.69) is 23.7 Å². The number of rotatable bonds is 5. The molecule has 0 bridgehead atoms. The van der Waals surface area contributed by atoms with Crippen molar-refractivity contribution in [2.24, 2.45) is 0 Å². The van der Waals surface area contributed by atoms with E-state index in [9.17, 15) is 8.42 Å². The molecule has 3 rings (SSSR count). The van der Waals surface area contributed by atoms with E-state index < -0.39 is 10.0 Å². The van der Waals surface area contributed by atoms with E-state index >= 15 is 0 Å². The van der Waals surface area contributed by atoms with Gasteiger partial charge in [-0.05, 0) is 36.1 Å². The molecule has 2 heterocycles. The summed E-state index contributed by atoms with van der Waals surface area (Å²) in [6.07, 6.45) is 2.93. The highest BCUT2D eigenvalue weighted by molar-refractivity contribution is 7.89. The highest BCUT2D eigenvalue weighted by Gasteiger charge is 2.31. The quantitative estimate of drug-likeness (QED) is 0.823. The molecule has 5 nitrogen and oxygen atoms in total. The van der Waals surface area contributed by atoms with Gasteiger partial charge in [-0.15, -0.1) is 0 Å². The van der Waals surface area contributed by atoms with E-state index in [1.54, 1.807) is 16.4 Å². The van der Waals surface area contributed by atoms with Gasteiger partial charge in [0.25, 0.3) is 5.82 Å². The first-order valence-corrected chi connectivity index (χ1v) is 10.3. The molecule has 0 unspecified atom stereocenters. The minimum absolute atomic E-state index is 0.388. The highest BCUT2D eigenvalue weighted by atomic mass is 32.2. The van der Waals surface area contributed by atoms with Crippen LogP contribution in [0, 0.1) is 0 Å². The van der Waals surface area contributed by atoms with Gasteiger partial charge in [0.1, 0.15) is 0 Å². The van der Waals surface area contributed by atoms with Crippen LogP contribution in [0.5, 0.6) is 0 Å². The minimum atomic E-state index is -3.42. The molecule has 1 atom stereocenters. The molecular formula is C19H26N3O2S+. The number of aromatic nitrogens is 1. The SMILES string of the molecule is CC[C@@H](C)c1ccc(S(=O)(=O)N2CCN(c3cccc[nH+]3)CC2)cc1. The fourth-order valence-corrected chi connectivity index (χ4v) is 4.53. The number of aromatic amines is 1. The van der Waals surface area contributed by atoms with Gasteiger partial charge in [-0.3, -0.25) is 4.90 Å². The predicted molar refractivity (Wildman–Crippen MR) is 99.1 cm³/mol. The van der Waals surface area contributed by atoms with Crippen molar-refractivity contribution in [3.63, 3.8) is 0 Å². The second-order valence-corrected chi connectivity index (χ2v) is 8.46. The summed E-state index contributed by atoms with van der Waals surface area (Å²) in [5, 5.41) is 0. The Morgan fingerprint density at radius 3 is 2.28 bits per heavy atom. The summed E-state index contributed by atoms with van der Waals surface area (Å²) in [5.74, 6) is 1.47. The zero-order valence-corrected chi connectivity index (χ0v) is 15.7. The molecule has 0 spiro atoms. The number of nitrogens with zero attached hydrogens (tertiary/aromatic N) is 2. The van der Waals surface area contributed by atoms with Gasteiger partial charge in [0, 0.05) is 6.07 Å². The molecule has 1 saturated heterocycles. The normalized spacial score (nSPS) is 17.4. The van der Waals surface area contributed by atoms with Crippen molar-refractivity contribution in [3.05, 3.63) is 54.2 Å². The average molecular weight is 361 g/mol. The lowest BCUT2D eigenvalue weighted by Gasteiger charge is -2.30. The first kappa shape index (κ1) is 17.9. The largest absolute Gasteiger partial charge is 0.274 e. The van der Waals surface area contributed by atoms with Crippen LogP contribution in [0.3, 0.4) is 0 Å². The van der Waals surface area contributed by atoms with Gasteiger partial charge in [-0.1, -0.05) is 32.0 Å². The van der Waals surface area contributed by atoms with Crippen LogP contribution in [0.25, 0.3) is 0 Å². The van der Waals surface area contributed by atoms with E-state index in [0.29, 0.717) is 37.0 Å². The van der Waals surface area contributed by atoms with Gasteiger partial charge in [-0.2, -0.15) is 4.31 Å². The van der Waals surface area contributed by atoms with Gasteiger partial charge < -0.3 is 0 Å². The Morgan fingerprint density at radius 2 is 1.72 bits per heavy atom. The van der Waals surface area contributed by atoms with Crippen molar-refractivity contribution in [3.8, 4) is 0 Å². The summed E-state index contributed by atoms with van der Waals surface area (Å²) in [4.78, 5) is 5.77. The summed E-state index contributed by atoms with van der Waals surface area (Å²) in [6.45, 7) is 6.66. The number of piperazine rings is 1. The Hall–Kier alpha value is -1.92. The number of nitrogens with one attached hydrogen (secondary N) is 1. The molecule has 1 fully saturated rings. The molecule has 1 N–H and O–H groups in total. The van der Waals surface area contributed by atoms with Crippen LogP contribution in [0.2, 0.25) is 0 Å². The molecule has 1 aliphatic heterocycles. The van der Waals surface area contributed by atoms with E-state index in [-0.39, 0.29) is 0 Å². The van der Waals surface area contributed by atoms with Crippen LogP contribution < -0.4 is 9.88 Å². The van der Waals surface area contributed by atoms with Gasteiger partial charge in [0.2, 0.25) is 10.0 Å². The second kappa shape index (κ2) is 7.54. The molecule has 0 saturated carbocycles. The number of hydrogen-bond acceptors (Lipinski definition) is 3. The fraction of sp³-hybridized carbons (Fsp3) is 0.421. The topological polar surface area (TPSA) is 54.8 Å². The molecule has 0 radical (unpaired) electrons. The maximum atomic E-state index is 12.9. The van der Waals surface area contributed by atoms with Gasteiger partial charge >= 0.3 is 0 Å². The molecule has 0 aliphatic carbocycles. The summed E-state index contributed by atoms with van der Waals surface area (Å²) in [6, 6.07) is 13.3. The highest BCUT2D eigenvalue weighted by Crippen LogP contribution is 2.23. The smallest absolute Gasteiger partial charge is 0.259 e. The lowest BCUT2D eigenvalue weighted by molar-refractivity contribution is -0.364. The Morgan fingerprint density at radius 1 is 1.04 bits per heavy atom. The van der Waals surface area contributed by atoms with Crippen LogP contribution in [0.15, 0.2) is 53.6 Å². The average Bonchev–Trinajstić information content (AvgIpc) is 2.68. The van der Waals surface area contributed by atoms with Crippen LogP contribution in [0.4, 0.5) is 5.82 Å². The van der Waals surface area contributed by atoms with Crippen molar-refractivity contribution in [1.29, 1.82) is 0 Å². The van der Waals surface area contributed by atoms with Crippen molar-refractivity contribution < 1.29 is 13.4 Å². The van der Waals surface area contributed by atoms with Crippen molar-refractivity contribution >= 4 is 15.8 Å². The number of pyridine rings is 1. The van der Waals surface area contributed by atoms with Crippen LogP contribution in [-0.4, -0.2) is 38.9 Å². The first-order valence-electron chi connectivity index (χ1n) is 8.84. The van der Waals surface area contributed by atoms with Crippen molar-refractivity contribution in [2.45, 2.75) is 31.1 Å². The zero-order valence-electron chi connectivity index (χ0n) is 14.9. The molecular weight excluding hydrogens is 334 g/mol. The monoisotopic (exact) mass is 360 g/mol. The Labute approximate surface area is 150 Å². The number of sulfonamides is 1. The number of benzene rings is 1. The van der Waals surface area contributed by atoms with Crippen LogP contribution in [-0.2, 0) is 10.0 Å². The van der Waals surface area contributed by atoms with E-state index in [0.717, 1.165) is 12.2 Å². The van der Waals surface area contributed by atoms with Crippen molar-refractivity contribution in [2.75, 3.05) is 31.1 Å². The molecule has 1 aromatic carbocycles. The molecule has 1 aliphatic rings. The third-order valence-corrected chi connectivity index (χ3v) is 6.88. The molecule has 2 aromatic rings. The van der Waals surface area contributed by atoms with Crippen LogP contribution in [0.1, 0.15) is 31.7 Å². The zero-order chi connectivity index (χ0) is 17.9. The Balaban J connectivity index is 1.69. The van der Waals surface area contributed by atoms with Gasteiger partial charge in [0.15, 0.2) is 0 Å². The Bertz CT molecular complexity index is 783. The first-order chi connectivity index (χ1) is 12.0. The summed E-state index contributed by atoms with van der Waals surface area (Å²) >= 11 is 0. The third-order valence-electron chi connectivity index (χ3n) is 4.97. The maximum Gasteiger partial charge on any atom is 0.274 e. The maximum absolute atomic E-state index is 12.9. The lowest BCUT2D eigenvalue weighted by Crippen LogP contribution is -2.49. The van der Waals surface area contributed by atoms with E-state index in [1.807, 2.05) is 36.5 Å². The molecule has 6 heteroatoms. The standard InChI is InChI=1S/C19H25N3O2S/c1-3-16(2)17-7-9-18(10-8-17)25(23,24)22-14-12-21(13-15-22)19-6-4-5-11-20-19/h4-11,16H,3,12-15H2,1-2H3/p+1/t16-/m1/s1. The second-order valence-electron chi connectivity index (χ2n) is 6.52. The molecule has 0 amide bonds. The number of hydrogen-bond donors (Lipinski definition) is 0. The lowest BCUT2D eigenvalue weighted by atomic mass is 9.99. The molecule has 134 valence electrons. The summed E-state index contributed by atoms with van der Waals surface area (Å²) < 4.78 is 27.3. The minimum Gasteiger partial charge on any atom is -0.259 e. The van der Waals surface area contributed by atoms with Crippen molar-refractivity contribution in [1.82, 2.24) is 4.31 Å². The van der Waals surface area contributed by atoms with Gasteiger partial charge in [0.05, 0.1) is 37.3 Å². The summed E-state index contributed by atoms with van der Waals surface area (Å²) in [5.41, 5.74) is 1.19. The van der Waals surface area contributed by atoms with Gasteiger partial charge in [-0.25, -0.2) is 13.4 Å². The molecule has 1 aromatic heterocycles. The van der Waals surface area contributed by atoms with E-state index in [4.69, 9.17) is 0 Å². The number of H-pyrrole nitrogens is 1. The van der Waals surface area contributed by atoms with Crippen LogP contribution >= 0.6 is 0 Å². The molecule has 25 heavy (non-hydrogen) atoms. The fourth-order valence-electron chi connectivity index (χ4n) is 3.10. The Kier molecular flexibility index (Phi) is 5.39. The summed E-state index contributed by atoms with van der Waals surface area (Å²) in [7, 11) is -3.42. The number of anilines is 1.